The molecule has 6 nitrogen and oxygen atoms in total. The number of hydrogen-bond donors (Lipinski definition) is 2. The molecule has 2 N–H and O–H groups in total. The Bertz CT molecular complexity index is 619. The molecule has 98 valence electrons. The lowest BCUT2D eigenvalue weighted by Gasteiger charge is -2.11. The summed E-state index contributed by atoms with van der Waals surface area (Å²) in [6, 6.07) is 8.30. The average Bonchev–Trinajstić information content (AvgIpc) is 2.41. The second-order valence-electron chi connectivity index (χ2n) is 3.56. The van der Waals surface area contributed by atoms with Crippen LogP contribution in [0.3, 0.4) is 0 Å². The van der Waals surface area contributed by atoms with Crippen molar-refractivity contribution in [3.05, 3.63) is 41.0 Å². The maximum absolute atomic E-state index is 11.1. The number of halogens is 1. The number of carboxylic acids is 1. The summed E-state index contributed by atoms with van der Waals surface area (Å²) in [5.74, 6) is -0.480. The summed E-state index contributed by atoms with van der Waals surface area (Å²) < 4.78 is 5.16. The van der Waals surface area contributed by atoms with Gasteiger partial charge in [0.25, 0.3) is 0 Å². The molecule has 0 aliphatic heterocycles. The highest BCUT2D eigenvalue weighted by Gasteiger charge is 2.14. The number of aromatic nitrogens is 2. The fourth-order valence-corrected chi connectivity index (χ4v) is 1.65. The molecule has 0 amide bonds. The van der Waals surface area contributed by atoms with Crippen LogP contribution in [0.2, 0.25) is 5.15 Å². The van der Waals surface area contributed by atoms with Crippen molar-refractivity contribution < 1.29 is 14.6 Å². The molecule has 0 aliphatic rings. The van der Waals surface area contributed by atoms with Gasteiger partial charge in [-0.2, -0.15) is 0 Å². The topological polar surface area (TPSA) is 84.3 Å². The molecule has 7 heteroatoms. The van der Waals surface area contributed by atoms with E-state index in [4.69, 9.17) is 21.4 Å². The molecule has 0 atom stereocenters. The highest BCUT2D eigenvalue weighted by atomic mass is 35.5. The first kappa shape index (κ1) is 13.1. The number of anilines is 2. The Morgan fingerprint density at radius 2 is 2.11 bits per heavy atom. The van der Waals surface area contributed by atoms with E-state index in [0.29, 0.717) is 11.4 Å². The van der Waals surface area contributed by atoms with Gasteiger partial charge >= 0.3 is 5.97 Å². The van der Waals surface area contributed by atoms with Gasteiger partial charge < -0.3 is 15.2 Å². The molecular weight excluding hydrogens is 270 g/mol. The molecule has 19 heavy (non-hydrogen) atoms. The van der Waals surface area contributed by atoms with E-state index in [1.807, 2.05) is 0 Å². The second kappa shape index (κ2) is 5.53. The zero-order valence-electron chi connectivity index (χ0n) is 9.92. The van der Waals surface area contributed by atoms with E-state index in [1.54, 1.807) is 24.3 Å². The van der Waals surface area contributed by atoms with Crippen LogP contribution in [-0.4, -0.2) is 28.4 Å². The quantitative estimate of drug-likeness (QED) is 0.895. The molecule has 0 unspecified atom stereocenters. The molecule has 2 rings (SSSR count). The largest absolute Gasteiger partial charge is 0.495 e. The molecule has 0 fully saturated rings. The number of carbonyl (C=O) groups is 1. The maximum Gasteiger partial charge on any atom is 0.339 e. The number of para-hydroxylation sites is 2. The van der Waals surface area contributed by atoms with Crippen molar-refractivity contribution in [1.29, 1.82) is 0 Å². The number of hydrogen-bond acceptors (Lipinski definition) is 5. The average molecular weight is 280 g/mol. The predicted octanol–water partition coefficient (Wildman–Crippen LogP) is 2.58. The minimum absolute atomic E-state index is 0.0166. The van der Waals surface area contributed by atoms with Gasteiger partial charge in [0.05, 0.1) is 12.8 Å². The molecule has 1 heterocycles. The van der Waals surface area contributed by atoms with Gasteiger partial charge in [-0.25, -0.2) is 4.79 Å². The Labute approximate surface area is 114 Å². The van der Waals surface area contributed by atoms with Crippen LogP contribution in [0.4, 0.5) is 11.5 Å². The third kappa shape index (κ3) is 2.92. The predicted molar refractivity (Wildman–Crippen MR) is 70.3 cm³/mol. The van der Waals surface area contributed by atoms with E-state index in [1.165, 1.54) is 13.2 Å². The standard InChI is InChI=1S/C12H10ClN3O3/c1-19-9-5-3-2-4-8(9)14-11-7(12(17)18)6-10(13)15-16-11/h2-6H,1H3,(H,14,16)(H,17,18). The van der Waals surface area contributed by atoms with Gasteiger partial charge in [-0.3, -0.25) is 0 Å². The van der Waals surface area contributed by atoms with Crippen molar-refractivity contribution in [2.24, 2.45) is 0 Å². The minimum Gasteiger partial charge on any atom is -0.495 e. The molecule has 0 aliphatic carbocycles. The van der Waals surface area contributed by atoms with Crippen LogP contribution in [-0.2, 0) is 0 Å². The minimum atomic E-state index is -1.14. The number of nitrogens with one attached hydrogen (secondary N) is 1. The van der Waals surface area contributed by atoms with Crippen molar-refractivity contribution in [1.82, 2.24) is 10.2 Å². The summed E-state index contributed by atoms with van der Waals surface area (Å²) in [4.78, 5) is 11.1. The summed E-state index contributed by atoms with van der Waals surface area (Å²) in [5.41, 5.74) is 0.523. The van der Waals surface area contributed by atoms with E-state index in [-0.39, 0.29) is 16.5 Å². The van der Waals surface area contributed by atoms with E-state index in [9.17, 15) is 4.79 Å². The second-order valence-corrected chi connectivity index (χ2v) is 3.95. The van der Waals surface area contributed by atoms with Crippen LogP contribution in [0.25, 0.3) is 0 Å². The van der Waals surface area contributed by atoms with Gasteiger partial charge in [-0.15, -0.1) is 10.2 Å². The van der Waals surface area contributed by atoms with E-state index >= 15 is 0 Å². The highest BCUT2D eigenvalue weighted by Crippen LogP contribution is 2.27. The molecule has 1 aromatic heterocycles. The van der Waals surface area contributed by atoms with Gasteiger partial charge in [0.2, 0.25) is 0 Å². The van der Waals surface area contributed by atoms with Gasteiger partial charge in [0.1, 0.15) is 11.3 Å². The molecule has 0 spiro atoms. The number of ether oxygens (including phenoxy) is 1. The van der Waals surface area contributed by atoms with Crippen LogP contribution in [0.5, 0.6) is 5.75 Å². The number of benzene rings is 1. The molecule has 0 radical (unpaired) electrons. The first-order chi connectivity index (χ1) is 9.11. The van der Waals surface area contributed by atoms with Gasteiger partial charge in [-0.05, 0) is 18.2 Å². The highest BCUT2D eigenvalue weighted by molar-refractivity contribution is 6.29. The van der Waals surface area contributed by atoms with Crippen molar-refractivity contribution >= 4 is 29.1 Å². The Hall–Kier alpha value is -2.34. The zero-order chi connectivity index (χ0) is 13.8. The Balaban J connectivity index is 2.41. The summed E-state index contributed by atoms with van der Waals surface area (Å²) in [7, 11) is 1.52. The maximum atomic E-state index is 11.1. The van der Waals surface area contributed by atoms with Gasteiger partial charge in [0, 0.05) is 0 Å². The SMILES string of the molecule is COc1ccccc1Nc1nnc(Cl)cc1C(=O)O. The van der Waals surface area contributed by atoms with Crippen molar-refractivity contribution in [2.45, 2.75) is 0 Å². The lowest BCUT2D eigenvalue weighted by molar-refractivity contribution is 0.0697. The number of aromatic carboxylic acids is 1. The third-order valence-corrected chi connectivity index (χ3v) is 2.54. The Morgan fingerprint density at radius 1 is 1.37 bits per heavy atom. The molecule has 0 saturated heterocycles. The third-order valence-electron chi connectivity index (χ3n) is 2.35. The first-order valence-electron chi connectivity index (χ1n) is 5.28. The smallest absolute Gasteiger partial charge is 0.339 e. The van der Waals surface area contributed by atoms with Crippen LogP contribution < -0.4 is 10.1 Å². The zero-order valence-corrected chi connectivity index (χ0v) is 10.7. The van der Waals surface area contributed by atoms with Crippen LogP contribution in [0.15, 0.2) is 30.3 Å². The van der Waals surface area contributed by atoms with Crippen LogP contribution in [0, 0.1) is 0 Å². The summed E-state index contributed by atoms with van der Waals surface area (Å²) >= 11 is 5.63. The van der Waals surface area contributed by atoms with Gasteiger partial charge in [0.15, 0.2) is 11.0 Å². The fraction of sp³-hybridized carbons (Fsp3) is 0.0833. The van der Waals surface area contributed by atoms with Crippen molar-refractivity contribution in [3.63, 3.8) is 0 Å². The van der Waals surface area contributed by atoms with Crippen LogP contribution in [0.1, 0.15) is 10.4 Å². The molecular formula is C12H10ClN3O3. The molecule has 2 aromatic rings. The van der Waals surface area contributed by atoms with E-state index in [0.717, 1.165) is 0 Å². The normalized spacial score (nSPS) is 10.0. The molecule has 1 aromatic carbocycles. The summed E-state index contributed by atoms with van der Waals surface area (Å²) in [6.45, 7) is 0. The Kier molecular flexibility index (Phi) is 3.82. The number of nitrogens with zero attached hydrogens (tertiary/aromatic N) is 2. The van der Waals surface area contributed by atoms with Gasteiger partial charge in [-0.1, -0.05) is 23.7 Å². The summed E-state index contributed by atoms with van der Waals surface area (Å²) in [6.07, 6.45) is 0. The number of carboxylic acid groups (broad SMARTS) is 1. The summed E-state index contributed by atoms with van der Waals surface area (Å²) in [5, 5.41) is 19.3. The Morgan fingerprint density at radius 3 is 2.79 bits per heavy atom. The molecule has 0 saturated carbocycles. The molecule has 0 bridgehead atoms. The van der Waals surface area contributed by atoms with Crippen molar-refractivity contribution in [3.8, 4) is 5.75 Å². The number of methoxy groups -OCH3 is 1. The fourth-order valence-electron chi connectivity index (χ4n) is 1.50. The lowest BCUT2D eigenvalue weighted by atomic mass is 10.2. The monoisotopic (exact) mass is 279 g/mol. The van der Waals surface area contributed by atoms with Crippen LogP contribution >= 0.6 is 11.6 Å². The first-order valence-corrected chi connectivity index (χ1v) is 5.66. The lowest BCUT2D eigenvalue weighted by Crippen LogP contribution is -2.07. The van der Waals surface area contributed by atoms with E-state index in [2.05, 4.69) is 15.5 Å². The van der Waals surface area contributed by atoms with E-state index < -0.39 is 5.97 Å². The van der Waals surface area contributed by atoms with Crippen molar-refractivity contribution in [2.75, 3.05) is 12.4 Å². The number of rotatable bonds is 4.